The summed E-state index contributed by atoms with van der Waals surface area (Å²) >= 11 is 0. The molecule has 5 saturated carbocycles. The van der Waals surface area contributed by atoms with Crippen LogP contribution in [-0.4, -0.2) is 22.4 Å². The van der Waals surface area contributed by atoms with Gasteiger partial charge in [-0.1, -0.05) is 55.4 Å². The van der Waals surface area contributed by atoms with E-state index in [9.17, 15) is 10.2 Å². The molecule has 0 aromatic carbocycles. The molecular weight excluding hydrogens is 392 g/mol. The van der Waals surface area contributed by atoms with Crippen LogP contribution in [0.4, 0.5) is 0 Å². The average Bonchev–Trinajstić information content (AvgIpc) is 2.69. The predicted octanol–water partition coefficient (Wildman–Crippen LogP) is 7.22. The van der Waals surface area contributed by atoms with Gasteiger partial charge in [0.05, 0.1) is 12.2 Å². The quantitative estimate of drug-likeness (QED) is 0.414. The van der Waals surface area contributed by atoms with Gasteiger partial charge in [-0.3, -0.25) is 0 Å². The highest BCUT2D eigenvalue weighted by molar-refractivity contribution is 5.20. The summed E-state index contributed by atoms with van der Waals surface area (Å²) in [6, 6.07) is 0. The second-order valence-corrected chi connectivity index (χ2v) is 15.6. The molecule has 0 spiro atoms. The smallest absolute Gasteiger partial charge is 0.0603 e. The van der Waals surface area contributed by atoms with E-state index >= 15 is 0 Å². The first-order chi connectivity index (χ1) is 14.6. The molecule has 0 amide bonds. The Labute approximate surface area is 198 Å². The monoisotopic (exact) mass is 444 g/mol. The average molecular weight is 445 g/mol. The summed E-state index contributed by atoms with van der Waals surface area (Å²) < 4.78 is 0. The largest absolute Gasteiger partial charge is 0.393 e. The van der Waals surface area contributed by atoms with Gasteiger partial charge >= 0.3 is 0 Å². The molecule has 0 heterocycles. The normalized spacial score (nSPS) is 61.7. The molecule has 0 aromatic rings. The minimum Gasteiger partial charge on any atom is -0.393 e. The van der Waals surface area contributed by atoms with E-state index in [1.807, 2.05) is 0 Å². The predicted molar refractivity (Wildman–Crippen MR) is 132 cm³/mol. The summed E-state index contributed by atoms with van der Waals surface area (Å²) in [5.41, 5.74) is 2.00. The van der Waals surface area contributed by atoms with E-state index in [0.717, 1.165) is 5.92 Å². The third kappa shape index (κ3) is 2.78. The second-order valence-electron chi connectivity index (χ2n) is 15.6. The third-order valence-corrected chi connectivity index (χ3v) is 13.9. The van der Waals surface area contributed by atoms with Crippen LogP contribution in [0.2, 0.25) is 0 Å². The summed E-state index contributed by atoms with van der Waals surface area (Å²) in [7, 11) is 0. The van der Waals surface area contributed by atoms with Gasteiger partial charge in [0.15, 0.2) is 0 Å². The van der Waals surface area contributed by atoms with Crippen LogP contribution in [0.25, 0.3) is 0 Å². The molecule has 0 aliphatic heterocycles. The van der Waals surface area contributed by atoms with Gasteiger partial charge in [0.2, 0.25) is 0 Å². The van der Waals surface area contributed by atoms with Gasteiger partial charge in [-0.05, 0) is 120 Å². The summed E-state index contributed by atoms with van der Waals surface area (Å²) in [5.74, 6) is 2.12. The van der Waals surface area contributed by atoms with Crippen LogP contribution in [-0.2, 0) is 0 Å². The van der Waals surface area contributed by atoms with Crippen molar-refractivity contribution in [2.75, 3.05) is 0 Å². The Bertz CT molecular complexity index is 775. The first-order valence-corrected chi connectivity index (χ1v) is 14.0. The third-order valence-electron chi connectivity index (χ3n) is 13.9. The SMILES string of the molecule is C[C@H]1[C@@H](O)C[C@@H](O)[C@@H]2[C@]1(C)CCC1[C@@]2(C)CC[C@@]2(C)[C@@H]3CC(C)(C)CC[C@]3(C)CC[C@]12C. The van der Waals surface area contributed by atoms with Crippen LogP contribution in [0.1, 0.15) is 120 Å². The van der Waals surface area contributed by atoms with Gasteiger partial charge < -0.3 is 10.2 Å². The van der Waals surface area contributed by atoms with Crippen molar-refractivity contribution in [2.45, 2.75) is 132 Å². The van der Waals surface area contributed by atoms with Crippen molar-refractivity contribution >= 4 is 0 Å². The zero-order valence-corrected chi connectivity index (χ0v) is 22.4. The number of hydrogen-bond donors (Lipinski definition) is 2. The topological polar surface area (TPSA) is 40.5 Å². The number of fused-ring (bicyclic) bond motifs is 7. The van der Waals surface area contributed by atoms with Crippen LogP contribution < -0.4 is 0 Å². The maximum absolute atomic E-state index is 11.4. The molecule has 5 aliphatic rings. The molecular formula is C30H52O2. The molecule has 0 bridgehead atoms. The standard InChI is InChI=1S/C30H52O2/c1-19-20(31)17-21(32)24-27(19,5)10-9-22-28(24,6)14-16-30(8)23-18-25(2,3)11-12-26(23,4)13-15-29(22,30)7/h19-24,31-32H,9-18H2,1-8H3/t19-,20-,21+,22?,23+,24+,26+,27+,28+,29+,30-/m0/s1. The van der Waals surface area contributed by atoms with E-state index in [1.165, 1.54) is 57.8 Å². The summed E-state index contributed by atoms with van der Waals surface area (Å²) in [6.07, 6.45) is 11.9. The highest BCUT2D eigenvalue weighted by Crippen LogP contribution is 2.78. The summed E-state index contributed by atoms with van der Waals surface area (Å²) in [5, 5.41) is 22.2. The molecule has 5 rings (SSSR count). The summed E-state index contributed by atoms with van der Waals surface area (Å²) in [4.78, 5) is 0. The molecule has 11 atom stereocenters. The number of aliphatic hydroxyl groups excluding tert-OH is 2. The Morgan fingerprint density at radius 3 is 1.91 bits per heavy atom. The first kappa shape index (κ1) is 23.7. The molecule has 5 aliphatic carbocycles. The van der Waals surface area contributed by atoms with Gasteiger partial charge in [0.25, 0.3) is 0 Å². The van der Waals surface area contributed by atoms with Crippen LogP contribution in [0.15, 0.2) is 0 Å². The number of hydrogen-bond acceptors (Lipinski definition) is 2. The fraction of sp³-hybridized carbons (Fsp3) is 1.00. The van der Waals surface area contributed by atoms with Crippen molar-refractivity contribution in [3.05, 3.63) is 0 Å². The van der Waals surface area contributed by atoms with Crippen molar-refractivity contribution in [1.82, 2.24) is 0 Å². The lowest BCUT2D eigenvalue weighted by Gasteiger charge is -2.75. The van der Waals surface area contributed by atoms with Gasteiger partial charge in [-0.2, -0.15) is 0 Å². The van der Waals surface area contributed by atoms with E-state index in [1.54, 1.807) is 0 Å². The molecule has 0 saturated heterocycles. The lowest BCUT2D eigenvalue weighted by Crippen LogP contribution is -2.69. The van der Waals surface area contributed by atoms with Gasteiger partial charge in [-0.15, -0.1) is 0 Å². The molecule has 184 valence electrons. The Kier molecular flexibility index (Phi) is 5.01. The molecule has 2 heteroatoms. The van der Waals surface area contributed by atoms with Crippen molar-refractivity contribution in [3.8, 4) is 0 Å². The Hall–Kier alpha value is -0.0800. The van der Waals surface area contributed by atoms with Crippen molar-refractivity contribution in [1.29, 1.82) is 0 Å². The second kappa shape index (κ2) is 6.77. The zero-order chi connectivity index (χ0) is 23.5. The molecule has 0 radical (unpaired) electrons. The maximum atomic E-state index is 11.4. The minimum atomic E-state index is -0.352. The zero-order valence-electron chi connectivity index (χ0n) is 22.4. The van der Waals surface area contributed by atoms with E-state index < -0.39 is 0 Å². The van der Waals surface area contributed by atoms with Gasteiger partial charge in [0, 0.05) is 0 Å². The fourth-order valence-electron chi connectivity index (χ4n) is 11.5. The van der Waals surface area contributed by atoms with Crippen molar-refractivity contribution in [2.24, 2.45) is 56.2 Å². The maximum Gasteiger partial charge on any atom is 0.0603 e. The van der Waals surface area contributed by atoms with Crippen LogP contribution in [0.5, 0.6) is 0 Å². The molecule has 0 aromatic heterocycles. The number of aliphatic hydroxyl groups is 2. The van der Waals surface area contributed by atoms with Crippen molar-refractivity contribution in [3.63, 3.8) is 0 Å². The van der Waals surface area contributed by atoms with E-state index in [-0.39, 0.29) is 29.0 Å². The van der Waals surface area contributed by atoms with Crippen LogP contribution >= 0.6 is 0 Å². The highest BCUT2D eigenvalue weighted by atomic mass is 16.3. The van der Waals surface area contributed by atoms with Crippen molar-refractivity contribution < 1.29 is 10.2 Å². The Morgan fingerprint density at radius 1 is 0.625 bits per heavy atom. The van der Waals surface area contributed by atoms with E-state index in [2.05, 4.69) is 55.4 Å². The molecule has 32 heavy (non-hydrogen) atoms. The van der Waals surface area contributed by atoms with E-state index in [0.29, 0.717) is 39.9 Å². The lowest BCUT2D eigenvalue weighted by atomic mass is 9.30. The van der Waals surface area contributed by atoms with E-state index in [4.69, 9.17) is 0 Å². The highest BCUT2D eigenvalue weighted by Gasteiger charge is 2.71. The molecule has 2 N–H and O–H groups in total. The molecule has 2 nitrogen and oxygen atoms in total. The van der Waals surface area contributed by atoms with Gasteiger partial charge in [0.1, 0.15) is 0 Å². The summed E-state index contributed by atoms with van der Waals surface area (Å²) in [6.45, 7) is 20.3. The van der Waals surface area contributed by atoms with Gasteiger partial charge in [-0.25, -0.2) is 0 Å². The fourth-order valence-corrected chi connectivity index (χ4v) is 11.5. The molecule has 1 unspecified atom stereocenters. The Morgan fingerprint density at radius 2 is 1.22 bits per heavy atom. The van der Waals surface area contributed by atoms with Crippen LogP contribution in [0, 0.1) is 56.2 Å². The lowest BCUT2D eigenvalue weighted by molar-refractivity contribution is -0.278. The molecule has 5 fully saturated rings. The first-order valence-electron chi connectivity index (χ1n) is 14.0. The Balaban J connectivity index is 1.56. The minimum absolute atomic E-state index is 0.0580. The van der Waals surface area contributed by atoms with Crippen LogP contribution in [0.3, 0.4) is 0 Å². The number of rotatable bonds is 0.